The second-order valence-electron chi connectivity index (χ2n) is 3.84. The number of rotatable bonds is 1. The highest BCUT2D eigenvalue weighted by molar-refractivity contribution is 6.04. The van der Waals surface area contributed by atoms with Crippen molar-refractivity contribution >= 4 is 21.8 Å². The summed E-state index contributed by atoms with van der Waals surface area (Å²) in [5, 5.41) is 10.8. The number of nitriles is 1. The molecule has 17 heavy (non-hydrogen) atoms. The zero-order chi connectivity index (χ0) is 11.7. The van der Waals surface area contributed by atoms with Crippen molar-refractivity contribution in [3.05, 3.63) is 48.3 Å². The molecule has 0 radical (unpaired) electrons. The van der Waals surface area contributed by atoms with Crippen molar-refractivity contribution in [3.63, 3.8) is 0 Å². The summed E-state index contributed by atoms with van der Waals surface area (Å²) in [4.78, 5) is 8.77. The second kappa shape index (κ2) is 3.84. The summed E-state index contributed by atoms with van der Waals surface area (Å²) in [6.07, 6.45) is 2.13. The Kier molecular flexibility index (Phi) is 2.20. The predicted octanol–water partition coefficient (Wildman–Crippen LogP) is 2.85. The number of benzene rings is 1. The van der Waals surface area contributed by atoms with Crippen LogP contribution in [0.5, 0.6) is 0 Å². The van der Waals surface area contributed by atoms with E-state index >= 15 is 0 Å². The molecule has 3 aromatic rings. The Morgan fingerprint density at radius 3 is 2.71 bits per heavy atom. The lowest BCUT2D eigenvalue weighted by molar-refractivity contribution is 1.15. The van der Waals surface area contributed by atoms with E-state index in [-0.39, 0.29) is 0 Å². The van der Waals surface area contributed by atoms with Crippen LogP contribution >= 0.6 is 0 Å². The molecule has 0 amide bonds. The van der Waals surface area contributed by atoms with Crippen molar-refractivity contribution in [1.82, 2.24) is 9.97 Å². The average Bonchev–Trinajstić information content (AvgIpc) is 2.39. The fourth-order valence-electron chi connectivity index (χ4n) is 1.99. The molecule has 2 aromatic heterocycles. The fourth-order valence-corrected chi connectivity index (χ4v) is 1.99. The van der Waals surface area contributed by atoms with E-state index in [0.29, 0.717) is 6.42 Å². The van der Waals surface area contributed by atoms with Crippen LogP contribution in [0.4, 0.5) is 0 Å². The molecule has 0 saturated heterocycles. The van der Waals surface area contributed by atoms with Crippen LogP contribution in [0.2, 0.25) is 0 Å². The van der Waals surface area contributed by atoms with Crippen molar-refractivity contribution in [2.24, 2.45) is 0 Å². The average molecular weight is 219 g/mol. The van der Waals surface area contributed by atoms with Crippen molar-refractivity contribution in [1.29, 1.82) is 5.26 Å². The van der Waals surface area contributed by atoms with Gasteiger partial charge in [0.2, 0.25) is 0 Å². The summed E-state index contributed by atoms with van der Waals surface area (Å²) < 4.78 is 0. The van der Waals surface area contributed by atoms with E-state index in [1.54, 1.807) is 6.20 Å². The Bertz CT molecular complexity index is 741. The summed E-state index contributed by atoms with van der Waals surface area (Å²) in [6, 6.07) is 13.9. The largest absolute Gasteiger partial charge is 0.256 e. The molecule has 3 rings (SSSR count). The summed E-state index contributed by atoms with van der Waals surface area (Å²) in [5.74, 6) is 0. The van der Waals surface area contributed by atoms with E-state index in [4.69, 9.17) is 5.26 Å². The van der Waals surface area contributed by atoms with Gasteiger partial charge in [-0.15, -0.1) is 0 Å². The predicted molar refractivity (Wildman–Crippen MR) is 66.4 cm³/mol. The van der Waals surface area contributed by atoms with Gasteiger partial charge in [0.1, 0.15) is 0 Å². The van der Waals surface area contributed by atoms with E-state index in [1.165, 1.54) is 0 Å². The molecule has 1 aromatic carbocycles. The zero-order valence-corrected chi connectivity index (χ0v) is 9.09. The highest BCUT2D eigenvalue weighted by Crippen LogP contribution is 2.22. The van der Waals surface area contributed by atoms with E-state index in [0.717, 1.165) is 27.5 Å². The minimum Gasteiger partial charge on any atom is -0.256 e. The molecule has 0 saturated carbocycles. The third kappa shape index (κ3) is 1.60. The molecule has 3 heteroatoms. The van der Waals surface area contributed by atoms with Crippen LogP contribution in [0.3, 0.4) is 0 Å². The van der Waals surface area contributed by atoms with Gasteiger partial charge in [0.05, 0.1) is 29.2 Å². The number of nitrogens with zero attached hydrogens (tertiary/aromatic N) is 3. The molecule has 0 N–H and O–H groups in total. The minimum absolute atomic E-state index is 0.348. The third-order valence-electron chi connectivity index (χ3n) is 2.77. The summed E-state index contributed by atoms with van der Waals surface area (Å²) >= 11 is 0. The van der Waals surface area contributed by atoms with Gasteiger partial charge in [0.25, 0.3) is 0 Å². The Balaban J connectivity index is 2.34. The van der Waals surface area contributed by atoms with Gasteiger partial charge in [-0.25, -0.2) is 0 Å². The maximum atomic E-state index is 8.66. The molecule has 0 aliphatic heterocycles. The maximum Gasteiger partial charge on any atom is 0.0774 e. The van der Waals surface area contributed by atoms with Crippen LogP contribution in [0, 0.1) is 11.3 Å². The highest BCUT2D eigenvalue weighted by Gasteiger charge is 2.02. The Hall–Kier alpha value is -2.47. The van der Waals surface area contributed by atoms with Gasteiger partial charge in [-0.05, 0) is 24.3 Å². The number of pyridine rings is 2. The van der Waals surface area contributed by atoms with E-state index in [2.05, 4.69) is 16.0 Å². The van der Waals surface area contributed by atoms with Gasteiger partial charge in [-0.1, -0.05) is 12.1 Å². The first kappa shape index (κ1) is 9.73. The van der Waals surface area contributed by atoms with Gasteiger partial charge in [0, 0.05) is 17.0 Å². The van der Waals surface area contributed by atoms with Crippen LogP contribution in [0.25, 0.3) is 21.8 Å². The number of hydrogen-bond donors (Lipinski definition) is 0. The molecule has 80 valence electrons. The Morgan fingerprint density at radius 1 is 1.00 bits per heavy atom. The van der Waals surface area contributed by atoms with Crippen molar-refractivity contribution < 1.29 is 0 Å². The van der Waals surface area contributed by atoms with Crippen LogP contribution in [-0.4, -0.2) is 9.97 Å². The summed E-state index contributed by atoms with van der Waals surface area (Å²) in [6.45, 7) is 0. The van der Waals surface area contributed by atoms with Gasteiger partial charge >= 0.3 is 0 Å². The lowest BCUT2D eigenvalue weighted by atomic mass is 10.1. The first-order chi connectivity index (χ1) is 8.38. The summed E-state index contributed by atoms with van der Waals surface area (Å²) in [5.41, 5.74) is 2.69. The van der Waals surface area contributed by atoms with Gasteiger partial charge in [0.15, 0.2) is 0 Å². The smallest absolute Gasteiger partial charge is 0.0774 e. The van der Waals surface area contributed by atoms with Crippen molar-refractivity contribution in [3.8, 4) is 6.07 Å². The molecule has 2 heterocycles. The molecule has 3 nitrogen and oxygen atoms in total. The SMILES string of the molecule is N#CCc1ccc2c(ccc3ncccc32)n1. The first-order valence-electron chi connectivity index (χ1n) is 5.39. The Morgan fingerprint density at radius 2 is 1.82 bits per heavy atom. The number of hydrogen-bond acceptors (Lipinski definition) is 3. The monoisotopic (exact) mass is 219 g/mol. The molecule has 0 unspecified atom stereocenters. The first-order valence-corrected chi connectivity index (χ1v) is 5.39. The van der Waals surface area contributed by atoms with E-state index in [1.807, 2.05) is 36.4 Å². The Labute approximate surface area is 98.4 Å². The van der Waals surface area contributed by atoms with Crippen molar-refractivity contribution in [2.75, 3.05) is 0 Å². The van der Waals surface area contributed by atoms with Crippen LogP contribution in [0.15, 0.2) is 42.6 Å². The molecule has 0 bridgehead atoms. The summed E-state index contributed by atoms with van der Waals surface area (Å²) in [7, 11) is 0. The molecular formula is C14H9N3. The third-order valence-corrected chi connectivity index (χ3v) is 2.77. The molecule has 0 aliphatic carbocycles. The minimum atomic E-state index is 0.348. The quantitative estimate of drug-likeness (QED) is 0.591. The standard InChI is InChI=1S/C14H9N3/c15-8-7-10-3-4-12-11-2-1-9-16-13(11)5-6-14(12)17-10/h1-6,9H,7H2. The molecule has 0 atom stereocenters. The lowest BCUT2D eigenvalue weighted by Gasteiger charge is -2.03. The lowest BCUT2D eigenvalue weighted by Crippen LogP contribution is -1.89. The van der Waals surface area contributed by atoms with E-state index in [9.17, 15) is 0 Å². The van der Waals surface area contributed by atoms with Crippen LogP contribution in [0.1, 0.15) is 5.69 Å². The van der Waals surface area contributed by atoms with Crippen molar-refractivity contribution in [2.45, 2.75) is 6.42 Å². The fraction of sp³-hybridized carbons (Fsp3) is 0.0714. The highest BCUT2D eigenvalue weighted by atomic mass is 14.7. The number of aromatic nitrogens is 2. The van der Waals surface area contributed by atoms with Crippen LogP contribution in [-0.2, 0) is 6.42 Å². The topological polar surface area (TPSA) is 49.6 Å². The van der Waals surface area contributed by atoms with Gasteiger partial charge in [-0.3, -0.25) is 9.97 Å². The molecule has 0 aliphatic rings. The normalized spacial score (nSPS) is 10.5. The van der Waals surface area contributed by atoms with Gasteiger partial charge in [-0.2, -0.15) is 5.26 Å². The zero-order valence-electron chi connectivity index (χ0n) is 9.09. The molecular weight excluding hydrogens is 210 g/mol. The second-order valence-corrected chi connectivity index (χ2v) is 3.84. The van der Waals surface area contributed by atoms with E-state index < -0.39 is 0 Å². The molecule has 0 spiro atoms. The number of fused-ring (bicyclic) bond motifs is 3. The van der Waals surface area contributed by atoms with Gasteiger partial charge < -0.3 is 0 Å². The maximum absolute atomic E-state index is 8.66. The molecule has 0 fully saturated rings. The van der Waals surface area contributed by atoms with Crippen LogP contribution < -0.4 is 0 Å².